The highest BCUT2D eigenvalue weighted by Crippen LogP contribution is 2.30. The lowest BCUT2D eigenvalue weighted by Gasteiger charge is -2.23. The van der Waals surface area contributed by atoms with E-state index in [0.29, 0.717) is 23.8 Å². The van der Waals surface area contributed by atoms with Crippen LogP contribution in [0, 0.1) is 0 Å². The molecule has 0 aliphatic rings. The van der Waals surface area contributed by atoms with Crippen LogP contribution in [-0.4, -0.2) is 47.3 Å². The molecule has 0 radical (unpaired) electrons. The van der Waals surface area contributed by atoms with E-state index in [1.165, 1.54) is 39.3 Å². The minimum atomic E-state index is -1.55. The number of carbonyl (C=O) groups is 2. The minimum absolute atomic E-state index is 0.101. The average Bonchev–Trinajstić information content (AvgIpc) is 2.83. The molecule has 1 unspecified atom stereocenters. The summed E-state index contributed by atoms with van der Waals surface area (Å²) in [5.41, 5.74) is -1.06. The number of aliphatic carboxylic acids is 1. The number of hydrogen-bond donors (Lipinski definition) is 1. The molecule has 1 atom stereocenters. The molecule has 3 rings (SSSR count). The van der Waals surface area contributed by atoms with Crippen molar-refractivity contribution in [1.29, 1.82) is 0 Å². The van der Waals surface area contributed by atoms with Gasteiger partial charge in [0.25, 0.3) is 0 Å². The van der Waals surface area contributed by atoms with Gasteiger partial charge in [-0.05, 0) is 51.1 Å². The largest absolute Gasteiger partial charge is 0.497 e. The molecule has 178 valence electrons. The second-order valence-electron chi connectivity index (χ2n) is 8.05. The molecule has 0 saturated carbocycles. The predicted octanol–water partition coefficient (Wildman–Crippen LogP) is 4.41. The first kappa shape index (κ1) is 24.6. The SMILES string of the molecule is COc1ccc(C(=O)c2ccc(OC(C)COc3ccccc3)nc2)c(OC(C)(C)C(=O)O)c1. The van der Waals surface area contributed by atoms with Crippen LogP contribution in [-0.2, 0) is 4.79 Å². The Balaban J connectivity index is 1.72. The van der Waals surface area contributed by atoms with Gasteiger partial charge < -0.3 is 24.1 Å². The van der Waals surface area contributed by atoms with Crippen LogP contribution in [0.15, 0.2) is 66.9 Å². The highest BCUT2D eigenvalue weighted by molar-refractivity contribution is 6.10. The average molecular weight is 466 g/mol. The molecule has 8 nitrogen and oxygen atoms in total. The van der Waals surface area contributed by atoms with Crippen LogP contribution in [0.25, 0.3) is 0 Å². The number of rotatable bonds is 11. The van der Waals surface area contributed by atoms with Gasteiger partial charge in [0.15, 0.2) is 11.4 Å². The summed E-state index contributed by atoms with van der Waals surface area (Å²) in [5, 5.41) is 9.41. The smallest absolute Gasteiger partial charge is 0.347 e. The summed E-state index contributed by atoms with van der Waals surface area (Å²) in [4.78, 5) is 28.9. The Kier molecular flexibility index (Phi) is 7.73. The molecule has 0 aliphatic heterocycles. The van der Waals surface area contributed by atoms with Crippen LogP contribution in [0.1, 0.15) is 36.7 Å². The van der Waals surface area contributed by atoms with Crippen molar-refractivity contribution >= 4 is 11.8 Å². The molecule has 0 bridgehead atoms. The van der Waals surface area contributed by atoms with E-state index in [2.05, 4.69) is 4.98 Å². The van der Waals surface area contributed by atoms with Gasteiger partial charge in [-0.2, -0.15) is 0 Å². The Morgan fingerprint density at radius 1 is 1.03 bits per heavy atom. The standard InChI is InChI=1S/C26H27NO7/c1-17(16-32-19-8-6-5-7-9-19)33-23-13-10-18(15-27-23)24(28)21-12-11-20(31-4)14-22(21)34-26(2,3)25(29)30/h5-15,17H,16H2,1-4H3,(H,29,30). The van der Waals surface area contributed by atoms with Crippen molar-refractivity contribution in [2.45, 2.75) is 32.5 Å². The normalized spacial score (nSPS) is 11.9. The van der Waals surface area contributed by atoms with E-state index in [1.54, 1.807) is 18.2 Å². The first-order valence-corrected chi connectivity index (χ1v) is 10.7. The molecule has 0 fully saturated rings. The zero-order chi connectivity index (χ0) is 24.7. The number of para-hydroxylation sites is 1. The van der Waals surface area contributed by atoms with Crippen LogP contribution >= 0.6 is 0 Å². The van der Waals surface area contributed by atoms with Crippen molar-refractivity contribution in [3.8, 4) is 23.1 Å². The lowest BCUT2D eigenvalue weighted by Crippen LogP contribution is -2.38. The molecule has 0 amide bonds. The third-order valence-electron chi connectivity index (χ3n) is 4.86. The van der Waals surface area contributed by atoms with E-state index >= 15 is 0 Å². The fourth-order valence-corrected chi connectivity index (χ4v) is 2.93. The van der Waals surface area contributed by atoms with E-state index in [4.69, 9.17) is 18.9 Å². The summed E-state index contributed by atoms with van der Waals surface area (Å²) in [6, 6.07) is 17.2. The van der Waals surface area contributed by atoms with E-state index in [0.717, 1.165) is 5.75 Å². The van der Waals surface area contributed by atoms with Gasteiger partial charge in [-0.3, -0.25) is 4.79 Å². The third-order valence-corrected chi connectivity index (χ3v) is 4.86. The van der Waals surface area contributed by atoms with Crippen molar-refractivity contribution in [3.05, 3.63) is 78.0 Å². The molecule has 3 aromatic rings. The third kappa shape index (κ3) is 6.25. The van der Waals surface area contributed by atoms with Crippen LogP contribution in [0.4, 0.5) is 0 Å². The lowest BCUT2D eigenvalue weighted by atomic mass is 10.0. The van der Waals surface area contributed by atoms with Crippen molar-refractivity contribution < 1.29 is 33.6 Å². The van der Waals surface area contributed by atoms with Gasteiger partial charge in [0.05, 0.1) is 12.7 Å². The first-order valence-electron chi connectivity index (χ1n) is 10.7. The van der Waals surface area contributed by atoms with Crippen molar-refractivity contribution in [3.63, 3.8) is 0 Å². The Labute approximate surface area is 198 Å². The number of pyridine rings is 1. The van der Waals surface area contributed by atoms with Crippen molar-refractivity contribution in [2.24, 2.45) is 0 Å². The molecule has 2 aromatic carbocycles. The fourth-order valence-electron chi connectivity index (χ4n) is 2.93. The molecule has 34 heavy (non-hydrogen) atoms. The number of carbonyl (C=O) groups excluding carboxylic acids is 1. The number of benzene rings is 2. The number of methoxy groups -OCH3 is 1. The summed E-state index contributed by atoms with van der Waals surface area (Å²) < 4.78 is 22.3. The van der Waals surface area contributed by atoms with Gasteiger partial charge in [-0.1, -0.05) is 18.2 Å². The molecule has 1 aromatic heterocycles. The second-order valence-corrected chi connectivity index (χ2v) is 8.05. The van der Waals surface area contributed by atoms with E-state index in [1.807, 2.05) is 37.3 Å². The Morgan fingerprint density at radius 2 is 1.76 bits per heavy atom. The Hall–Kier alpha value is -4.07. The molecule has 8 heteroatoms. The lowest BCUT2D eigenvalue weighted by molar-refractivity contribution is -0.152. The topological polar surface area (TPSA) is 104 Å². The van der Waals surface area contributed by atoms with E-state index < -0.39 is 11.6 Å². The molecule has 0 saturated heterocycles. The number of aromatic nitrogens is 1. The van der Waals surface area contributed by atoms with Gasteiger partial charge in [0, 0.05) is 23.9 Å². The fraction of sp³-hybridized carbons (Fsp3) is 0.269. The van der Waals surface area contributed by atoms with Crippen LogP contribution in [0.2, 0.25) is 0 Å². The summed E-state index contributed by atoms with van der Waals surface area (Å²) in [6.45, 7) is 4.99. The van der Waals surface area contributed by atoms with Crippen LogP contribution < -0.4 is 18.9 Å². The number of ketones is 1. The summed E-state index contributed by atoms with van der Waals surface area (Å²) in [7, 11) is 1.47. The maximum Gasteiger partial charge on any atom is 0.347 e. The Bertz CT molecular complexity index is 1130. The summed E-state index contributed by atoms with van der Waals surface area (Å²) in [6.07, 6.45) is 1.13. The number of carboxylic acids is 1. The maximum atomic E-state index is 13.1. The monoisotopic (exact) mass is 465 g/mol. The number of hydrogen-bond acceptors (Lipinski definition) is 7. The highest BCUT2D eigenvalue weighted by Gasteiger charge is 2.31. The minimum Gasteiger partial charge on any atom is -0.497 e. The maximum absolute atomic E-state index is 13.1. The van der Waals surface area contributed by atoms with Gasteiger partial charge >= 0.3 is 5.97 Å². The molecule has 0 aliphatic carbocycles. The predicted molar refractivity (Wildman–Crippen MR) is 125 cm³/mol. The molecular formula is C26H27NO7. The van der Waals surface area contributed by atoms with Crippen molar-refractivity contribution in [1.82, 2.24) is 4.98 Å². The van der Waals surface area contributed by atoms with Gasteiger partial charge in [-0.25, -0.2) is 9.78 Å². The first-order chi connectivity index (χ1) is 16.2. The van der Waals surface area contributed by atoms with E-state index in [9.17, 15) is 14.7 Å². The van der Waals surface area contributed by atoms with Gasteiger partial charge in [0.1, 0.15) is 30.0 Å². The van der Waals surface area contributed by atoms with Gasteiger partial charge in [-0.15, -0.1) is 0 Å². The van der Waals surface area contributed by atoms with Crippen LogP contribution in [0.5, 0.6) is 23.1 Å². The number of carboxylic acid groups (broad SMARTS) is 1. The quantitative estimate of drug-likeness (QED) is 0.415. The summed E-state index contributed by atoms with van der Waals surface area (Å²) in [5.74, 6) is 0.0834. The van der Waals surface area contributed by atoms with Crippen molar-refractivity contribution in [2.75, 3.05) is 13.7 Å². The molecular weight excluding hydrogens is 438 g/mol. The van der Waals surface area contributed by atoms with Crippen LogP contribution in [0.3, 0.4) is 0 Å². The zero-order valence-corrected chi connectivity index (χ0v) is 19.5. The second kappa shape index (κ2) is 10.7. The highest BCUT2D eigenvalue weighted by atomic mass is 16.5. The molecule has 1 heterocycles. The number of ether oxygens (including phenoxy) is 4. The number of nitrogens with zero attached hydrogens (tertiary/aromatic N) is 1. The van der Waals surface area contributed by atoms with E-state index in [-0.39, 0.29) is 23.2 Å². The molecule has 1 N–H and O–H groups in total. The van der Waals surface area contributed by atoms with Gasteiger partial charge in [0.2, 0.25) is 5.88 Å². The Morgan fingerprint density at radius 3 is 2.38 bits per heavy atom. The summed E-state index contributed by atoms with van der Waals surface area (Å²) >= 11 is 0. The molecule has 0 spiro atoms. The zero-order valence-electron chi connectivity index (χ0n) is 19.5.